The van der Waals surface area contributed by atoms with E-state index in [1.165, 1.54) is 0 Å². The van der Waals surface area contributed by atoms with Crippen molar-refractivity contribution in [2.45, 2.75) is 26.7 Å². The molecule has 0 fully saturated rings. The van der Waals surface area contributed by atoms with Gasteiger partial charge in [0, 0.05) is 0 Å². The van der Waals surface area contributed by atoms with Crippen molar-refractivity contribution in [3.63, 3.8) is 0 Å². The Kier molecular flexibility index (Phi) is 6.47. The van der Waals surface area contributed by atoms with Gasteiger partial charge in [0.2, 0.25) is 0 Å². The van der Waals surface area contributed by atoms with Crippen LogP contribution in [0.5, 0.6) is 0 Å². The van der Waals surface area contributed by atoms with Crippen LogP contribution in [0.15, 0.2) is 0 Å². The molecule has 0 heterocycles. The third-order valence-electron chi connectivity index (χ3n) is 1.78. The summed E-state index contributed by atoms with van der Waals surface area (Å²) < 4.78 is 9.03. The second kappa shape index (κ2) is 6.91. The summed E-state index contributed by atoms with van der Waals surface area (Å²) in [4.78, 5) is 10.6. The highest BCUT2D eigenvalue weighted by Gasteiger charge is 2.08. The van der Waals surface area contributed by atoms with Gasteiger partial charge in [-0.05, 0) is 5.92 Å². The standard InChI is InChI=1S/C8H16NO3/c1-3-7(4-2)5-11-8(10)12-6-9/h7,9H,3-6H2,1-2H3. The summed E-state index contributed by atoms with van der Waals surface area (Å²) in [6.45, 7) is 4.12. The van der Waals surface area contributed by atoms with E-state index in [4.69, 9.17) is 10.5 Å². The van der Waals surface area contributed by atoms with Crippen molar-refractivity contribution in [2.24, 2.45) is 5.92 Å². The molecule has 1 radical (unpaired) electrons. The number of nitrogens with one attached hydrogen (secondary N) is 1. The normalized spacial score (nSPS) is 10.0. The van der Waals surface area contributed by atoms with Gasteiger partial charge in [-0.1, -0.05) is 26.7 Å². The number of ether oxygens (including phenoxy) is 2. The van der Waals surface area contributed by atoms with Gasteiger partial charge in [-0.15, -0.1) is 0 Å². The van der Waals surface area contributed by atoms with Gasteiger partial charge in [0.25, 0.3) is 0 Å². The predicted molar refractivity (Wildman–Crippen MR) is 44.5 cm³/mol. The Labute approximate surface area is 73.0 Å². The molecule has 0 aromatic rings. The first-order valence-electron chi connectivity index (χ1n) is 4.18. The molecular weight excluding hydrogens is 158 g/mol. The zero-order chi connectivity index (χ0) is 9.40. The Hall–Kier alpha value is -0.770. The van der Waals surface area contributed by atoms with Crippen LogP contribution in [-0.2, 0) is 9.47 Å². The van der Waals surface area contributed by atoms with Crippen molar-refractivity contribution < 1.29 is 14.3 Å². The van der Waals surface area contributed by atoms with Crippen molar-refractivity contribution in [1.82, 2.24) is 5.73 Å². The molecule has 4 nitrogen and oxygen atoms in total. The third kappa shape index (κ3) is 4.96. The molecule has 0 aliphatic carbocycles. The molecule has 0 aromatic heterocycles. The van der Waals surface area contributed by atoms with Crippen LogP contribution in [0.3, 0.4) is 0 Å². The minimum Gasteiger partial charge on any atom is -0.434 e. The highest BCUT2D eigenvalue weighted by Crippen LogP contribution is 2.07. The fourth-order valence-corrected chi connectivity index (χ4v) is 0.811. The fraction of sp³-hybridized carbons (Fsp3) is 0.875. The van der Waals surface area contributed by atoms with E-state index in [1.54, 1.807) is 0 Å². The molecule has 71 valence electrons. The van der Waals surface area contributed by atoms with Crippen LogP contribution in [-0.4, -0.2) is 19.5 Å². The predicted octanol–water partition coefficient (Wildman–Crippen LogP) is 1.82. The van der Waals surface area contributed by atoms with Gasteiger partial charge < -0.3 is 9.47 Å². The van der Waals surface area contributed by atoms with Crippen molar-refractivity contribution >= 4 is 6.16 Å². The number of hydrogen-bond donors (Lipinski definition) is 0. The number of carbonyl (C=O) groups excluding carboxylic acids is 1. The molecule has 4 heteroatoms. The molecule has 0 unspecified atom stereocenters. The molecule has 0 saturated heterocycles. The van der Waals surface area contributed by atoms with Gasteiger partial charge in [0.05, 0.1) is 6.61 Å². The number of rotatable bonds is 5. The number of hydrogen-bond acceptors (Lipinski definition) is 3. The van der Waals surface area contributed by atoms with Gasteiger partial charge in [0.1, 0.15) is 0 Å². The summed E-state index contributed by atoms with van der Waals surface area (Å²) in [6.07, 6.45) is 1.24. The van der Waals surface area contributed by atoms with E-state index >= 15 is 0 Å². The first-order valence-corrected chi connectivity index (χ1v) is 4.18. The molecule has 0 atom stereocenters. The Balaban J connectivity index is 3.44. The second-order valence-corrected chi connectivity index (χ2v) is 2.53. The molecule has 1 N–H and O–H groups in total. The summed E-state index contributed by atoms with van der Waals surface area (Å²) in [5.74, 6) is 0.406. The summed E-state index contributed by atoms with van der Waals surface area (Å²) in [6, 6.07) is 0. The van der Waals surface area contributed by atoms with Gasteiger partial charge in [-0.25, -0.2) is 10.5 Å². The zero-order valence-electron chi connectivity index (χ0n) is 7.63. The number of carbonyl (C=O) groups is 1. The van der Waals surface area contributed by atoms with Crippen molar-refractivity contribution in [3.05, 3.63) is 0 Å². The summed E-state index contributed by atoms with van der Waals surface area (Å²) in [7, 11) is 0. The van der Waals surface area contributed by atoms with Crippen LogP contribution in [0.4, 0.5) is 4.79 Å². The van der Waals surface area contributed by atoms with E-state index in [9.17, 15) is 4.79 Å². The monoisotopic (exact) mass is 174 g/mol. The van der Waals surface area contributed by atoms with Crippen molar-refractivity contribution in [2.75, 3.05) is 13.3 Å². The Morgan fingerprint density at radius 3 is 2.33 bits per heavy atom. The molecule has 0 rings (SSSR count). The lowest BCUT2D eigenvalue weighted by Crippen LogP contribution is -2.14. The molecule has 0 spiro atoms. The molecule has 0 saturated carbocycles. The van der Waals surface area contributed by atoms with E-state index in [-0.39, 0.29) is 6.73 Å². The van der Waals surface area contributed by atoms with E-state index in [0.717, 1.165) is 12.8 Å². The van der Waals surface area contributed by atoms with E-state index < -0.39 is 6.16 Å². The topological polar surface area (TPSA) is 59.3 Å². The molecular formula is C8H16NO3. The lowest BCUT2D eigenvalue weighted by atomic mass is 10.1. The first kappa shape index (κ1) is 11.2. The van der Waals surface area contributed by atoms with Crippen LogP contribution >= 0.6 is 0 Å². The zero-order valence-corrected chi connectivity index (χ0v) is 7.63. The molecule has 12 heavy (non-hydrogen) atoms. The minimum absolute atomic E-state index is 0.373. The Morgan fingerprint density at radius 2 is 1.92 bits per heavy atom. The maximum atomic E-state index is 10.6. The van der Waals surface area contributed by atoms with Crippen LogP contribution in [0.2, 0.25) is 0 Å². The second-order valence-electron chi connectivity index (χ2n) is 2.53. The maximum Gasteiger partial charge on any atom is 0.509 e. The molecule has 0 aromatic carbocycles. The average molecular weight is 174 g/mol. The molecule has 0 aliphatic rings. The van der Waals surface area contributed by atoms with Gasteiger partial charge in [0.15, 0.2) is 6.73 Å². The summed E-state index contributed by atoms with van der Waals surface area (Å²) in [5.41, 5.74) is 6.59. The highest BCUT2D eigenvalue weighted by atomic mass is 16.7. The van der Waals surface area contributed by atoms with Crippen LogP contribution in [0.1, 0.15) is 26.7 Å². The fourth-order valence-electron chi connectivity index (χ4n) is 0.811. The Morgan fingerprint density at radius 1 is 1.33 bits per heavy atom. The van der Waals surface area contributed by atoms with Gasteiger partial charge >= 0.3 is 6.16 Å². The molecule has 0 aliphatic heterocycles. The quantitative estimate of drug-likeness (QED) is 0.597. The Bertz CT molecular complexity index is 123. The van der Waals surface area contributed by atoms with E-state index in [0.29, 0.717) is 12.5 Å². The lowest BCUT2D eigenvalue weighted by Gasteiger charge is -2.11. The third-order valence-corrected chi connectivity index (χ3v) is 1.78. The average Bonchev–Trinajstić information content (AvgIpc) is 2.07. The lowest BCUT2D eigenvalue weighted by molar-refractivity contribution is 0.0439. The maximum absolute atomic E-state index is 10.6. The minimum atomic E-state index is -0.739. The van der Waals surface area contributed by atoms with Gasteiger partial charge in [-0.2, -0.15) is 0 Å². The van der Waals surface area contributed by atoms with Crippen molar-refractivity contribution in [3.8, 4) is 0 Å². The molecule has 0 amide bonds. The van der Waals surface area contributed by atoms with Crippen LogP contribution < -0.4 is 5.73 Å². The van der Waals surface area contributed by atoms with E-state index in [2.05, 4.69) is 4.74 Å². The summed E-state index contributed by atoms with van der Waals surface area (Å²) in [5, 5.41) is 0. The van der Waals surface area contributed by atoms with Crippen molar-refractivity contribution in [1.29, 1.82) is 0 Å². The smallest absolute Gasteiger partial charge is 0.434 e. The summed E-state index contributed by atoms with van der Waals surface area (Å²) >= 11 is 0. The van der Waals surface area contributed by atoms with Crippen LogP contribution in [0.25, 0.3) is 0 Å². The van der Waals surface area contributed by atoms with Gasteiger partial charge in [-0.3, -0.25) is 0 Å². The first-order chi connectivity index (χ1) is 5.74. The highest BCUT2D eigenvalue weighted by molar-refractivity contribution is 5.59. The SMILES string of the molecule is CCC(CC)COC(=O)OC[NH]. The van der Waals surface area contributed by atoms with E-state index in [1.807, 2.05) is 13.8 Å². The molecule has 0 bridgehead atoms. The van der Waals surface area contributed by atoms with Crippen LogP contribution in [0, 0.1) is 5.92 Å². The largest absolute Gasteiger partial charge is 0.509 e.